The Labute approximate surface area is 148 Å². The van der Waals surface area contributed by atoms with Crippen molar-refractivity contribution in [3.8, 4) is 0 Å². The van der Waals surface area contributed by atoms with Crippen LogP contribution in [0.3, 0.4) is 0 Å². The zero-order valence-corrected chi connectivity index (χ0v) is 16.1. The van der Waals surface area contributed by atoms with Crippen molar-refractivity contribution in [3.05, 3.63) is 39.7 Å². The maximum absolute atomic E-state index is 5.79. The number of hydrogen-bond acceptors (Lipinski definition) is 4. The van der Waals surface area contributed by atoms with E-state index in [0.29, 0.717) is 12.4 Å². The van der Waals surface area contributed by atoms with Gasteiger partial charge in [-0.05, 0) is 25.5 Å². The van der Waals surface area contributed by atoms with Crippen LogP contribution in [0.4, 0.5) is 0 Å². The van der Waals surface area contributed by atoms with Gasteiger partial charge >= 0.3 is 0 Å². The maximum atomic E-state index is 5.79. The average molecular weight is 349 g/mol. The van der Waals surface area contributed by atoms with Crippen molar-refractivity contribution in [2.24, 2.45) is 4.99 Å². The monoisotopic (exact) mass is 348 g/mol. The average Bonchev–Trinajstić information content (AvgIpc) is 3.18. The van der Waals surface area contributed by atoms with E-state index in [9.17, 15) is 0 Å². The molecule has 0 aliphatic rings. The summed E-state index contributed by atoms with van der Waals surface area (Å²) in [5, 5.41) is 6.62. The van der Waals surface area contributed by atoms with Gasteiger partial charge in [-0.3, -0.25) is 0 Å². The van der Waals surface area contributed by atoms with Crippen molar-refractivity contribution in [2.45, 2.75) is 59.5 Å². The zero-order valence-electron chi connectivity index (χ0n) is 15.3. The number of aryl methyl sites for hydroxylation is 1. The smallest absolute Gasteiger partial charge is 0.216 e. The van der Waals surface area contributed by atoms with Gasteiger partial charge in [0.15, 0.2) is 5.96 Å². The molecule has 132 valence electrons. The van der Waals surface area contributed by atoms with Crippen LogP contribution in [0.15, 0.2) is 27.7 Å². The summed E-state index contributed by atoms with van der Waals surface area (Å²) in [5.41, 5.74) is -0.0339. The summed E-state index contributed by atoms with van der Waals surface area (Å²) in [6.45, 7) is 12.6. The lowest BCUT2D eigenvalue weighted by Crippen LogP contribution is -2.36. The van der Waals surface area contributed by atoms with E-state index in [4.69, 9.17) is 4.42 Å². The van der Waals surface area contributed by atoms with E-state index in [-0.39, 0.29) is 5.41 Å². The van der Waals surface area contributed by atoms with Gasteiger partial charge in [-0.25, -0.2) is 9.98 Å². The molecular formula is C18H28N4OS. The van der Waals surface area contributed by atoms with E-state index in [2.05, 4.69) is 67.4 Å². The minimum atomic E-state index is -0.0339. The molecule has 0 aliphatic carbocycles. The summed E-state index contributed by atoms with van der Waals surface area (Å²) < 4.78 is 5.79. The summed E-state index contributed by atoms with van der Waals surface area (Å²) in [6, 6.07) is 4.36. The molecule has 0 fully saturated rings. The summed E-state index contributed by atoms with van der Waals surface area (Å²) in [6.07, 6.45) is 2.88. The number of guanidine groups is 1. The van der Waals surface area contributed by atoms with Crippen molar-refractivity contribution < 1.29 is 4.42 Å². The predicted molar refractivity (Wildman–Crippen MR) is 101 cm³/mol. The van der Waals surface area contributed by atoms with Crippen LogP contribution in [0.25, 0.3) is 0 Å². The van der Waals surface area contributed by atoms with Crippen LogP contribution in [-0.2, 0) is 24.9 Å². The molecule has 0 unspecified atom stereocenters. The Morgan fingerprint density at radius 1 is 1.21 bits per heavy atom. The van der Waals surface area contributed by atoms with Crippen LogP contribution in [0.2, 0.25) is 0 Å². The standard InChI is InChI=1S/C18H28N4OS/c1-6-13-8-9-14(24-13)10-21-17(19-7-2)22-12-16-20-11-15(23-16)18(3,4)5/h8-9,11H,6-7,10,12H2,1-5H3,(H2,19,21,22). The van der Waals surface area contributed by atoms with E-state index < -0.39 is 0 Å². The first-order chi connectivity index (χ1) is 11.4. The molecule has 6 heteroatoms. The van der Waals surface area contributed by atoms with Gasteiger partial charge in [0.1, 0.15) is 12.3 Å². The Morgan fingerprint density at radius 3 is 2.54 bits per heavy atom. The lowest BCUT2D eigenvalue weighted by atomic mass is 9.94. The molecular weight excluding hydrogens is 320 g/mol. The molecule has 0 aliphatic heterocycles. The number of nitrogens with one attached hydrogen (secondary N) is 2. The van der Waals surface area contributed by atoms with E-state index in [0.717, 1.165) is 31.2 Å². The fourth-order valence-corrected chi connectivity index (χ4v) is 2.99. The number of thiophene rings is 1. The largest absolute Gasteiger partial charge is 0.443 e. The SMILES string of the molecule is CCNC(=NCc1ncc(C(C)(C)C)o1)NCc1ccc(CC)s1. The first-order valence-corrected chi connectivity index (χ1v) is 9.29. The van der Waals surface area contributed by atoms with E-state index in [1.54, 1.807) is 6.20 Å². The highest BCUT2D eigenvalue weighted by atomic mass is 32.1. The van der Waals surface area contributed by atoms with Gasteiger partial charge in [0, 0.05) is 21.7 Å². The van der Waals surface area contributed by atoms with Crippen molar-refractivity contribution in [2.75, 3.05) is 6.54 Å². The molecule has 2 aromatic heterocycles. The Morgan fingerprint density at radius 2 is 1.96 bits per heavy atom. The van der Waals surface area contributed by atoms with Crippen LogP contribution in [-0.4, -0.2) is 17.5 Å². The molecule has 0 atom stereocenters. The van der Waals surface area contributed by atoms with Crippen LogP contribution in [0, 0.1) is 0 Å². The molecule has 0 radical (unpaired) electrons. The van der Waals surface area contributed by atoms with Gasteiger partial charge in [-0.15, -0.1) is 11.3 Å². The molecule has 2 N–H and O–H groups in total. The summed E-state index contributed by atoms with van der Waals surface area (Å²) in [7, 11) is 0. The number of oxazole rings is 1. The number of hydrogen-bond donors (Lipinski definition) is 2. The van der Waals surface area contributed by atoms with Gasteiger partial charge in [-0.2, -0.15) is 0 Å². The first kappa shape index (κ1) is 18.5. The van der Waals surface area contributed by atoms with Gasteiger partial charge in [-0.1, -0.05) is 27.7 Å². The highest BCUT2D eigenvalue weighted by Gasteiger charge is 2.19. The topological polar surface area (TPSA) is 62.5 Å². The minimum Gasteiger partial charge on any atom is -0.443 e. The van der Waals surface area contributed by atoms with Gasteiger partial charge in [0.05, 0.1) is 12.7 Å². The molecule has 0 amide bonds. The Bertz CT molecular complexity index is 667. The predicted octanol–water partition coefficient (Wildman–Crippen LogP) is 3.85. The number of rotatable bonds is 6. The maximum Gasteiger partial charge on any atom is 0.216 e. The molecule has 2 aromatic rings. The van der Waals surface area contributed by atoms with Gasteiger partial charge in [0.25, 0.3) is 0 Å². The molecule has 0 saturated carbocycles. The quantitative estimate of drug-likeness (QED) is 0.615. The Balaban J connectivity index is 1.96. The first-order valence-electron chi connectivity index (χ1n) is 8.47. The second-order valence-corrected chi connectivity index (χ2v) is 7.89. The lowest BCUT2D eigenvalue weighted by molar-refractivity contribution is 0.383. The fraction of sp³-hybridized carbons (Fsp3) is 0.556. The molecule has 0 spiro atoms. The second-order valence-electron chi connectivity index (χ2n) is 6.64. The fourth-order valence-electron chi connectivity index (χ4n) is 2.10. The van der Waals surface area contributed by atoms with Crippen molar-refractivity contribution in [1.29, 1.82) is 0 Å². The second kappa shape index (κ2) is 8.33. The molecule has 0 bridgehead atoms. The highest BCUT2D eigenvalue weighted by molar-refractivity contribution is 7.11. The van der Waals surface area contributed by atoms with Crippen LogP contribution in [0.5, 0.6) is 0 Å². The third-order valence-electron chi connectivity index (χ3n) is 3.51. The number of aromatic nitrogens is 1. The van der Waals surface area contributed by atoms with Crippen LogP contribution < -0.4 is 10.6 Å². The highest BCUT2D eigenvalue weighted by Crippen LogP contribution is 2.22. The Kier molecular flexibility index (Phi) is 6.43. The molecule has 24 heavy (non-hydrogen) atoms. The van der Waals surface area contributed by atoms with Gasteiger partial charge < -0.3 is 15.1 Å². The van der Waals surface area contributed by atoms with Crippen molar-refractivity contribution >= 4 is 17.3 Å². The number of nitrogens with zero attached hydrogens (tertiary/aromatic N) is 2. The third-order valence-corrected chi connectivity index (χ3v) is 4.73. The summed E-state index contributed by atoms with van der Waals surface area (Å²) >= 11 is 1.84. The van der Waals surface area contributed by atoms with Crippen LogP contribution in [0.1, 0.15) is 56.0 Å². The summed E-state index contributed by atoms with van der Waals surface area (Å²) in [5.74, 6) is 2.30. The molecule has 0 aromatic carbocycles. The van der Waals surface area contributed by atoms with E-state index in [1.165, 1.54) is 9.75 Å². The van der Waals surface area contributed by atoms with Crippen LogP contribution >= 0.6 is 11.3 Å². The Hall–Kier alpha value is -1.82. The van der Waals surface area contributed by atoms with E-state index >= 15 is 0 Å². The summed E-state index contributed by atoms with van der Waals surface area (Å²) in [4.78, 5) is 11.6. The molecule has 5 nitrogen and oxygen atoms in total. The molecule has 0 saturated heterocycles. The lowest BCUT2D eigenvalue weighted by Gasteiger charge is -2.13. The van der Waals surface area contributed by atoms with Gasteiger partial charge in [0.2, 0.25) is 5.89 Å². The van der Waals surface area contributed by atoms with E-state index in [1.807, 2.05) is 11.3 Å². The minimum absolute atomic E-state index is 0.0339. The van der Waals surface area contributed by atoms with Crippen molar-refractivity contribution in [3.63, 3.8) is 0 Å². The third kappa shape index (κ3) is 5.37. The molecule has 2 heterocycles. The molecule has 2 rings (SSSR count). The number of aliphatic imine (C=N–C) groups is 1. The zero-order chi connectivity index (χ0) is 17.6. The van der Waals surface area contributed by atoms with Crippen molar-refractivity contribution in [1.82, 2.24) is 15.6 Å². The normalized spacial score (nSPS) is 12.5.